The Kier molecular flexibility index (Phi) is 5.59. The summed E-state index contributed by atoms with van der Waals surface area (Å²) in [5.74, 6) is -0.211. The molecule has 0 heterocycles. The van der Waals surface area contributed by atoms with Crippen LogP contribution in [0.5, 0.6) is 0 Å². The van der Waals surface area contributed by atoms with Crippen LogP contribution >= 0.6 is 11.6 Å². The molecule has 22 heavy (non-hydrogen) atoms. The van der Waals surface area contributed by atoms with Gasteiger partial charge in [-0.25, -0.2) is 4.79 Å². The second-order valence-corrected chi connectivity index (χ2v) is 7.55. The Morgan fingerprint density at radius 3 is 2.36 bits per heavy atom. The number of halogens is 1. The van der Waals surface area contributed by atoms with Crippen molar-refractivity contribution < 1.29 is 14.3 Å². The Morgan fingerprint density at radius 1 is 1.18 bits per heavy atom. The van der Waals surface area contributed by atoms with Crippen molar-refractivity contribution in [3.63, 3.8) is 0 Å². The van der Waals surface area contributed by atoms with Gasteiger partial charge in [-0.3, -0.25) is 4.79 Å². The Balaban J connectivity index is 2.10. The summed E-state index contributed by atoms with van der Waals surface area (Å²) in [6, 6.07) is 0.254. The second-order valence-electron chi connectivity index (χ2n) is 7.28. The lowest BCUT2D eigenvalue weighted by molar-refractivity contribution is -0.120. The lowest BCUT2D eigenvalue weighted by atomic mass is 9.89. The normalized spacial score (nSPS) is 25.5. The second kappa shape index (κ2) is 7.07. The maximum absolute atomic E-state index is 12.6. The van der Waals surface area contributed by atoms with E-state index in [0.29, 0.717) is 0 Å². The maximum atomic E-state index is 12.6. The molecule has 0 bridgehead atoms. The van der Waals surface area contributed by atoms with Gasteiger partial charge >= 0.3 is 6.09 Å². The fourth-order valence-corrected chi connectivity index (χ4v) is 3.16. The minimum atomic E-state index is -0.506. The zero-order chi connectivity index (χ0) is 16.3. The van der Waals surface area contributed by atoms with Crippen molar-refractivity contribution in [2.75, 3.05) is 5.88 Å². The Labute approximate surface area is 137 Å². The summed E-state index contributed by atoms with van der Waals surface area (Å²) < 4.78 is 5.58. The molecular weight excluding hydrogens is 304 g/mol. The van der Waals surface area contributed by atoms with Crippen LogP contribution in [-0.4, -0.2) is 46.5 Å². The van der Waals surface area contributed by atoms with Gasteiger partial charge in [0, 0.05) is 12.1 Å². The molecule has 2 saturated carbocycles. The number of hydrogen-bond acceptors (Lipinski definition) is 3. The molecule has 0 aromatic carbocycles. The molecule has 6 heteroatoms. The van der Waals surface area contributed by atoms with Crippen LogP contribution in [0, 0.1) is 0 Å². The molecular formula is C16H27ClN2O3. The molecule has 0 unspecified atom stereocenters. The van der Waals surface area contributed by atoms with Crippen molar-refractivity contribution >= 4 is 23.6 Å². The van der Waals surface area contributed by atoms with Gasteiger partial charge in [-0.1, -0.05) is 12.8 Å². The number of carbonyl (C=O) groups excluding carboxylic acids is 2. The van der Waals surface area contributed by atoms with E-state index in [1.807, 2.05) is 25.7 Å². The summed E-state index contributed by atoms with van der Waals surface area (Å²) in [7, 11) is 0. The first-order chi connectivity index (χ1) is 10.3. The molecule has 2 amide bonds. The first kappa shape index (κ1) is 17.4. The van der Waals surface area contributed by atoms with Gasteiger partial charge in [-0.05, 0) is 46.5 Å². The molecule has 0 radical (unpaired) electrons. The predicted octanol–water partition coefficient (Wildman–Crippen LogP) is 3.05. The summed E-state index contributed by atoms with van der Waals surface area (Å²) in [6.45, 7) is 5.64. The fourth-order valence-electron chi connectivity index (χ4n) is 3.08. The number of hydrogen-bond donors (Lipinski definition) is 1. The average Bonchev–Trinajstić information content (AvgIpc) is 3.23. The number of nitrogens with zero attached hydrogens (tertiary/aromatic N) is 1. The molecule has 0 saturated heterocycles. The highest BCUT2D eigenvalue weighted by Gasteiger charge is 2.43. The summed E-state index contributed by atoms with van der Waals surface area (Å²) in [6.07, 6.45) is 5.72. The predicted molar refractivity (Wildman–Crippen MR) is 86.0 cm³/mol. The van der Waals surface area contributed by atoms with Gasteiger partial charge in [0.15, 0.2) is 0 Å². The Morgan fingerprint density at radius 2 is 1.82 bits per heavy atom. The molecule has 2 aliphatic rings. The van der Waals surface area contributed by atoms with Crippen molar-refractivity contribution in [2.45, 2.75) is 83.0 Å². The SMILES string of the molecule is CC(C)(C)OC(=O)N(C1CC1)[C@@H]1CCCC[C@@H]1NC(=O)CCl. The van der Waals surface area contributed by atoms with Gasteiger partial charge in [0.05, 0.1) is 6.04 Å². The minimum absolute atomic E-state index is 0.0169. The third-order valence-electron chi connectivity index (χ3n) is 4.10. The Bertz CT molecular complexity index is 418. The van der Waals surface area contributed by atoms with Gasteiger partial charge in [0.1, 0.15) is 11.5 Å². The van der Waals surface area contributed by atoms with Crippen molar-refractivity contribution in [3.8, 4) is 0 Å². The number of nitrogens with one attached hydrogen (secondary N) is 1. The first-order valence-electron chi connectivity index (χ1n) is 8.18. The van der Waals surface area contributed by atoms with Gasteiger partial charge in [-0.15, -0.1) is 11.6 Å². The van der Waals surface area contributed by atoms with Crippen LogP contribution in [0.25, 0.3) is 0 Å². The molecule has 126 valence electrons. The van der Waals surface area contributed by atoms with E-state index < -0.39 is 5.60 Å². The van der Waals surface area contributed by atoms with E-state index in [2.05, 4.69) is 5.32 Å². The molecule has 2 rings (SSSR count). The van der Waals surface area contributed by atoms with Crippen LogP contribution < -0.4 is 5.32 Å². The molecule has 5 nitrogen and oxygen atoms in total. The quantitative estimate of drug-likeness (QED) is 0.806. The van der Waals surface area contributed by atoms with E-state index in [1.54, 1.807) is 0 Å². The standard InChI is InChI=1S/C16H27ClN2O3/c1-16(2,3)22-15(21)19(11-8-9-11)13-7-5-4-6-12(13)18-14(20)10-17/h11-13H,4-10H2,1-3H3,(H,18,20)/t12-,13+/m0/s1. The fraction of sp³-hybridized carbons (Fsp3) is 0.875. The van der Waals surface area contributed by atoms with Crippen LogP contribution in [0.2, 0.25) is 0 Å². The van der Waals surface area contributed by atoms with E-state index in [-0.39, 0.29) is 36.0 Å². The molecule has 0 aromatic rings. The topological polar surface area (TPSA) is 58.6 Å². The smallest absolute Gasteiger partial charge is 0.410 e. The van der Waals surface area contributed by atoms with E-state index >= 15 is 0 Å². The highest BCUT2D eigenvalue weighted by molar-refractivity contribution is 6.27. The van der Waals surface area contributed by atoms with Gasteiger partial charge < -0.3 is 15.0 Å². The van der Waals surface area contributed by atoms with E-state index in [1.165, 1.54) is 0 Å². The van der Waals surface area contributed by atoms with Crippen LogP contribution in [0.15, 0.2) is 0 Å². The molecule has 2 atom stereocenters. The van der Waals surface area contributed by atoms with Crippen LogP contribution in [0.1, 0.15) is 59.3 Å². The first-order valence-corrected chi connectivity index (χ1v) is 8.72. The van der Waals surface area contributed by atoms with Crippen LogP contribution in [0.4, 0.5) is 4.79 Å². The average molecular weight is 331 g/mol. The monoisotopic (exact) mass is 330 g/mol. The van der Waals surface area contributed by atoms with Crippen molar-refractivity contribution in [3.05, 3.63) is 0 Å². The number of carbonyl (C=O) groups is 2. The largest absolute Gasteiger partial charge is 0.444 e. The summed E-state index contributed by atoms with van der Waals surface area (Å²) >= 11 is 5.61. The molecule has 0 aliphatic heterocycles. The molecule has 1 N–H and O–H groups in total. The molecule has 2 fully saturated rings. The highest BCUT2D eigenvalue weighted by Crippen LogP contribution is 2.35. The number of alkyl halides is 1. The highest BCUT2D eigenvalue weighted by atomic mass is 35.5. The van der Waals surface area contributed by atoms with Gasteiger partial charge in [-0.2, -0.15) is 0 Å². The van der Waals surface area contributed by atoms with Gasteiger partial charge in [0.2, 0.25) is 5.91 Å². The molecule has 0 spiro atoms. The maximum Gasteiger partial charge on any atom is 0.410 e. The van der Waals surface area contributed by atoms with Crippen LogP contribution in [0.3, 0.4) is 0 Å². The van der Waals surface area contributed by atoms with E-state index in [4.69, 9.17) is 16.3 Å². The molecule has 0 aromatic heterocycles. The van der Waals surface area contributed by atoms with Crippen molar-refractivity contribution in [2.24, 2.45) is 0 Å². The lowest BCUT2D eigenvalue weighted by Crippen LogP contribution is -2.56. The number of amides is 2. The third-order valence-corrected chi connectivity index (χ3v) is 4.34. The summed E-state index contributed by atoms with van der Waals surface area (Å²) in [4.78, 5) is 26.1. The number of ether oxygens (including phenoxy) is 1. The minimum Gasteiger partial charge on any atom is -0.444 e. The lowest BCUT2D eigenvalue weighted by Gasteiger charge is -2.40. The summed E-state index contributed by atoms with van der Waals surface area (Å²) in [5, 5.41) is 2.98. The van der Waals surface area contributed by atoms with Gasteiger partial charge in [0.25, 0.3) is 0 Å². The zero-order valence-corrected chi connectivity index (χ0v) is 14.5. The van der Waals surface area contributed by atoms with Crippen LogP contribution in [-0.2, 0) is 9.53 Å². The third kappa shape index (κ3) is 4.77. The van der Waals surface area contributed by atoms with E-state index in [9.17, 15) is 9.59 Å². The number of rotatable bonds is 4. The molecule has 2 aliphatic carbocycles. The van der Waals surface area contributed by atoms with Crippen molar-refractivity contribution in [1.82, 2.24) is 10.2 Å². The zero-order valence-electron chi connectivity index (χ0n) is 13.7. The Hall–Kier alpha value is -0.970. The van der Waals surface area contributed by atoms with E-state index in [0.717, 1.165) is 38.5 Å². The van der Waals surface area contributed by atoms with Crippen molar-refractivity contribution in [1.29, 1.82) is 0 Å². The summed E-state index contributed by atoms with van der Waals surface area (Å²) in [5.41, 5.74) is -0.506.